The lowest BCUT2D eigenvalue weighted by Gasteiger charge is -2.11. The number of halogens is 3. The molecule has 0 fully saturated rings. The minimum atomic E-state index is -4.55. The van der Waals surface area contributed by atoms with Gasteiger partial charge in [0, 0.05) is 0 Å². The fraction of sp³-hybridized carbons (Fsp3) is 0.417. The average molecular weight is 278 g/mol. The second-order valence-electron chi connectivity index (χ2n) is 3.49. The van der Waals surface area contributed by atoms with E-state index in [1.807, 2.05) is 0 Å². The first-order valence-corrected chi connectivity index (χ1v) is 5.42. The molecule has 0 aliphatic rings. The summed E-state index contributed by atoms with van der Waals surface area (Å²) < 4.78 is 50.1. The number of alkyl halides is 3. The molecule has 0 aliphatic heterocycles. The zero-order valence-electron chi connectivity index (χ0n) is 10.4. The third kappa shape index (κ3) is 4.69. The molecule has 0 saturated carbocycles. The molecule has 7 heteroatoms. The van der Waals surface area contributed by atoms with E-state index in [1.165, 1.54) is 25.3 Å². The van der Waals surface area contributed by atoms with Crippen molar-refractivity contribution in [1.82, 2.24) is 0 Å². The Balaban J connectivity index is 2.83. The van der Waals surface area contributed by atoms with E-state index in [2.05, 4.69) is 4.74 Å². The van der Waals surface area contributed by atoms with E-state index >= 15 is 0 Å². The van der Waals surface area contributed by atoms with Gasteiger partial charge < -0.3 is 14.2 Å². The molecule has 0 bridgehead atoms. The Labute approximate surface area is 108 Å². The van der Waals surface area contributed by atoms with Gasteiger partial charge in [0.2, 0.25) is 0 Å². The monoisotopic (exact) mass is 278 g/mol. The molecule has 0 unspecified atom stereocenters. The highest BCUT2D eigenvalue weighted by Crippen LogP contribution is 2.28. The largest absolute Gasteiger partial charge is 0.493 e. The van der Waals surface area contributed by atoms with Crippen LogP contribution < -0.4 is 9.47 Å². The van der Waals surface area contributed by atoms with Crippen LogP contribution in [0.15, 0.2) is 18.2 Å². The van der Waals surface area contributed by atoms with E-state index in [0.717, 1.165) is 0 Å². The van der Waals surface area contributed by atoms with Gasteiger partial charge in [0.15, 0.2) is 18.1 Å². The van der Waals surface area contributed by atoms with Gasteiger partial charge in [0.05, 0.1) is 19.3 Å². The Kier molecular flexibility index (Phi) is 5.02. The van der Waals surface area contributed by atoms with Gasteiger partial charge in [0.1, 0.15) is 0 Å². The van der Waals surface area contributed by atoms with Crippen LogP contribution in [-0.2, 0) is 4.74 Å². The van der Waals surface area contributed by atoms with Crippen molar-refractivity contribution in [2.75, 3.05) is 20.3 Å². The number of ether oxygens (including phenoxy) is 3. The molecule has 1 aromatic carbocycles. The number of benzene rings is 1. The molecule has 1 aromatic rings. The Morgan fingerprint density at radius 3 is 2.47 bits per heavy atom. The summed E-state index contributed by atoms with van der Waals surface area (Å²) in [5.74, 6) is -0.415. The molecule has 0 radical (unpaired) electrons. The maximum Gasteiger partial charge on any atom is 0.422 e. The highest BCUT2D eigenvalue weighted by Gasteiger charge is 2.30. The molecule has 0 aliphatic carbocycles. The summed E-state index contributed by atoms with van der Waals surface area (Å²) >= 11 is 0. The number of hydrogen-bond acceptors (Lipinski definition) is 4. The molecule has 0 saturated heterocycles. The zero-order chi connectivity index (χ0) is 14.5. The standard InChI is InChI=1S/C12H13F3O4/c1-3-18-10-6-8(4-5-9(10)17-2)11(16)19-7-12(13,14)15/h4-6H,3,7H2,1-2H3. The molecule has 19 heavy (non-hydrogen) atoms. The number of carbonyl (C=O) groups excluding carboxylic acids is 1. The van der Waals surface area contributed by atoms with Gasteiger partial charge in [-0.15, -0.1) is 0 Å². The minimum Gasteiger partial charge on any atom is -0.493 e. The highest BCUT2D eigenvalue weighted by molar-refractivity contribution is 5.90. The van der Waals surface area contributed by atoms with Crippen molar-refractivity contribution in [2.24, 2.45) is 0 Å². The van der Waals surface area contributed by atoms with Crippen LogP contribution >= 0.6 is 0 Å². The van der Waals surface area contributed by atoms with Crippen molar-refractivity contribution in [1.29, 1.82) is 0 Å². The first-order valence-electron chi connectivity index (χ1n) is 5.42. The van der Waals surface area contributed by atoms with Gasteiger partial charge in [-0.25, -0.2) is 4.79 Å². The van der Waals surface area contributed by atoms with E-state index in [9.17, 15) is 18.0 Å². The number of carbonyl (C=O) groups is 1. The van der Waals surface area contributed by atoms with Crippen molar-refractivity contribution < 1.29 is 32.2 Å². The van der Waals surface area contributed by atoms with Crippen LogP contribution in [0.5, 0.6) is 11.5 Å². The van der Waals surface area contributed by atoms with Gasteiger partial charge in [0.25, 0.3) is 0 Å². The van der Waals surface area contributed by atoms with Crippen LogP contribution in [-0.4, -0.2) is 32.5 Å². The molecule has 0 atom stereocenters. The maximum atomic E-state index is 11.9. The van der Waals surface area contributed by atoms with Crippen LogP contribution in [0, 0.1) is 0 Å². The number of rotatable bonds is 5. The van der Waals surface area contributed by atoms with Crippen LogP contribution in [0.3, 0.4) is 0 Å². The fourth-order valence-electron chi connectivity index (χ4n) is 1.30. The minimum absolute atomic E-state index is 0.0338. The highest BCUT2D eigenvalue weighted by atomic mass is 19.4. The van der Waals surface area contributed by atoms with Crippen molar-refractivity contribution in [3.8, 4) is 11.5 Å². The Morgan fingerprint density at radius 2 is 1.95 bits per heavy atom. The van der Waals surface area contributed by atoms with Crippen LogP contribution in [0.2, 0.25) is 0 Å². The van der Waals surface area contributed by atoms with E-state index in [4.69, 9.17) is 9.47 Å². The molecular formula is C12H13F3O4. The van der Waals surface area contributed by atoms with Crippen molar-refractivity contribution in [3.63, 3.8) is 0 Å². The van der Waals surface area contributed by atoms with Gasteiger partial charge in [-0.05, 0) is 25.1 Å². The van der Waals surface area contributed by atoms with Crippen molar-refractivity contribution >= 4 is 5.97 Å². The van der Waals surface area contributed by atoms with Gasteiger partial charge >= 0.3 is 12.1 Å². The summed E-state index contributed by atoms with van der Waals surface area (Å²) in [6.45, 7) is 0.438. The number of methoxy groups -OCH3 is 1. The molecular weight excluding hydrogens is 265 g/mol. The average Bonchev–Trinajstić information content (AvgIpc) is 2.35. The van der Waals surface area contributed by atoms with E-state index in [0.29, 0.717) is 12.4 Å². The summed E-state index contributed by atoms with van der Waals surface area (Å²) in [5, 5.41) is 0. The summed E-state index contributed by atoms with van der Waals surface area (Å²) in [6, 6.07) is 4.01. The van der Waals surface area contributed by atoms with Crippen LogP contribution in [0.25, 0.3) is 0 Å². The molecule has 0 amide bonds. The Bertz CT molecular complexity index is 443. The zero-order valence-corrected chi connectivity index (χ0v) is 10.4. The lowest BCUT2D eigenvalue weighted by molar-refractivity contribution is -0.161. The van der Waals surface area contributed by atoms with Crippen LogP contribution in [0.4, 0.5) is 13.2 Å². The first-order chi connectivity index (χ1) is 8.87. The molecule has 4 nitrogen and oxygen atoms in total. The summed E-state index contributed by atoms with van der Waals surface area (Å²) in [6.07, 6.45) is -4.55. The fourth-order valence-corrected chi connectivity index (χ4v) is 1.30. The van der Waals surface area contributed by atoms with Gasteiger partial charge in [-0.2, -0.15) is 13.2 Å². The molecule has 0 heterocycles. The van der Waals surface area contributed by atoms with Gasteiger partial charge in [-0.3, -0.25) is 0 Å². The predicted octanol–water partition coefficient (Wildman–Crippen LogP) is 2.81. The first kappa shape index (κ1) is 15.1. The molecule has 0 aromatic heterocycles. The topological polar surface area (TPSA) is 44.8 Å². The second kappa shape index (κ2) is 6.31. The van der Waals surface area contributed by atoms with Crippen molar-refractivity contribution in [3.05, 3.63) is 23.8 Å². The summed E-state index contributed by atoms with van der Waals surface area (Å²) in [7, 11) is 1.42. The molecule has 0 N–H and O–H groups in total. The third-order valence-electron chi connectivity index (χ3n) is 2.07. The summed E-state index contributed by atoms with van der Waals surface area (Å²) in [4.78, 5) is 11.4. The van der Waals surface area contributed by atoms with E-state index < -0.39 is 18.8 Å². The van der Waals surface area contributed by atoms with Crippen molar-refractivity contribution in [2.45, 2.75) is 13.1 Å². The predicted molar refractivity (Wildman–Crippen MR) is 60.5 cm³/mol. The van der Waals surface area contributed by atoms with E-state index in [1.54, 1.807) is 6.92 Å². The molecule has 1 rings (SSSR count). The lowest BCUT2D eigenvalue weighted by Crippen LogP contribution is -2.20. The Hall–Kier alpha value is -1.92. The third-order valence-corrected chi connectivity index (χ3v) is 2.07. The summed E-state index contributed by atoms with van der Waals surface area (Å²) in [5.41, 5.74) is -0.0338. The van der Waals surface area contributed by atoms with Gasteiger partial charge in [-0.1, -0.05) is 0 Å². The van der Waals surface area contributed by atoms with Crippen LogP contribution in [0.1, 0.15) is 17.3 Å². The molecule has 0 spiro atoms. The lowest BCUT2D eigenvalue weighted by atomic mass is 10.2. The quantitative estimate of drug-likeness (QED) is 0.777. The normalized spacial score (nSPS) is 11.0. The number of esters is 1. The maximum absolute atomic E-state index is 11.9. The second-order valence-corrected chi connectivity index (χ2v) is 3.49. The number of hydrogen-bond donors (Lipinski definition) is 0. The Morgan fingerprint density at radius 1 is 1.26 bits per heavy atom. The van der Waals surface area contributed by atoms with E-state index in [-0.39, 0.29) is 11.3 Å². The smallest absolute Gasteiger partial charge is 0.422 e. The molecule has 106 valence electrons. The SMILES string of the molecule is CCOc1cc(C(=O)OCC(F)(F)F)ccc1OC.